The molecule has 2 aromatic heterocycles. The van der Waals surface area contributed by atoms with E-state index in [0.717, 1.165) is 15.6 Å². The molecule has 0 radical (unpaired) electrons. The van der Waals surface area contributed by atoms with Crippen molar-refractivity contribution >= 4 is 39.2 Å². The van der Waals surface area contributed by atoms with Gasteiger partial charge in [-0.25, -0.2) is 4.79 Å². The Bertz CT molecular complexity index is 1220. The predicted octanol–water partition coefficient (Wildman–Crippen LogP) is 4.85. The normalized spacial score (nSPS) is 11.8. The Kier molecular flexibility index (Phi) is 5.85. The first kappa shape index (κ1) is 20.4. The molecule has 0 saturated heterocycles. The SMILES string of the molecule is Cc1cc(NC(=O)OCC(Oc2cccc3sc(C(=N)N)cc23)c2ccccc2)no1. The molecule has 1 amide bonds. The zero-order chi connectivity index (χ0) is 21.8. The molecule has 0 saturated carbocycles. The van der Waals surface area contributed by atoms with Crippen molar-refractivity contribution in [1.29, 1.82) is 5.41 Å². The summed E-state index contributed by atoms with van der Waals surface area (Å²) >= 11 is 1.42. The van der Waals surface area contributed by atoms with Crippen molar-refractivity contribution in [3.63, 3.8) is 0 Å². The zero-order valence-electron chi connectivity index (χ0n) is 16.6. The summed E-state index contributed by atoms with van der Waals surface area (Å²) in [5.41, 5.74) is 6.50. The molecule has 1 unspecified atom stereocenters. The molecule has 0 bridgehead atoms. The second-order valence-corrected chi connectivity index (χ2v) is 7.84. The topological polar surface area (TPSA) is 123 Å². The smallest absolute Gasteiger partial charge is 0.413 e. The number of amides is 1. The molecule has 2 aromatic carbocycles. The van der Waals surface area contributed by atoms with E-state index in [9.17, 15) is 4.79 Å². The Balaban J connectivity index is 1.54. The van der Waals surface area contributed by atoms with Gasteiger partial charge in [0.25, 0.3) is 0 Å². The number of thiophene rings is 1. The summed E-state index contributed by atoms with van der Waals surface area (Å²) in [7, 11) is 0. The van der Waals surface area contributed by atoms with E-state index in [-0.39, 0.29) is 18.3 Å². The molecule has 158 valence electrons. The molecule has 0 fully saturated rings. The number of ether oxygens (including phenoxy) is 2. The lowest BCUT2D eigenvalue weighted by atomic mass is 10.1. The molecule has 4 N–H and O–H groups in total. The van der Waals surface area contributed by atoms with Gasteiger partial charge in [-0.15, -0.1) is 11.3 Å². The lowest BCUT2D eigenvalue weighted by Crippen LogP contribution is -2.21. The zero-order valence-corrected chi connectivity index (χ0v) is 17.4. The Morgan fingerprint density at radius 1 is 1.23 bits per heavy atom. The van der Waals surface area contributed by atoms with Gasteiger partial charge in [0.2, 0.25) is 0 Å². The number of hydrogen-bond acceptors (Lipinski definition) is 7. The van der Waals surface area contributed by atoms with Crippen LogP contribution >= 0.6 is 11.3 Å². The molecule has 4 rings (SSSR count). The van der Waals surface area contributed by atoms with E-state index < -0.39 is 12.2 Å². The molecule has 31 heavy (non-hydrogen) atoms. The summed E-state index contributed by atoms with van der Waals surface area (Å²) in [4.78, 5) is 12.9. The molecule has 0 aliphatic rings. The fourth-order valence-corrected chi connectivity index (χ4v) is 3.95. The molecule has 1 atom stereocenters. The minimum atomic E-state index is -0.662. The summed E-state index contributed by atoms with van der Waals surface area (Å²) in [6.45, 7) is 1.71. The minimum absolute atomic E-state index is 0.00913. The van der Waals surface area contributed by atoms with Crippen LogP contribution in [0.25, 0.3) is 10.1 Å². The first-order valence-corrected chi connectivity index (χ1v) is 10.3. The maximum atomic E-state index is 12.2. The van der Waals surface area contributed by atoms with Crippen molar-refractivity contribution < 1.29 is 18.8 Å². The predicted molar refractivity (Wildman–Crippen MR) is 119 cm³/mol. The monoisotopic (exact) mass is 436 g/mol. The standard InChI is InChI=1S/C22H20N4O4S/c1-13-10-20(26-30-13)25-22(27)28-12-17(14-6-3-2-4-7-14)29-16-8-5-9-18-15(16)11-19(31-18)21(23)24/h2-11,17H,12H2,1H3,(H3,23,24)(H,25,26,27). The Morgan fingerprint density at radius 2 is 2.03 bits per heavy atom. The highest BCUT2D eigenvalue weighted by atomic mass is 32.1. The van der Waals surface area contributed by atoms with E-state index >= 15 is 0 Å². The first-order chi connectivity index (χ1) is 15.0. The molecule has 9 heteroatoms. The molecule has 0 spiro atoms. The van der Waals surface area contributed by atoms with E-state index in [4.69, 9.17) is 25.1 Å². The fraction of sp³-hybridized carbons (Fsp3) is 0.136. The van der Waals surface area contributed by atoms with Crippen molar-refractivity contribution in [3.05, 3.63) is 76.9 Å². The maximum absolute atomic E-state index is 12.2. The number of nitrogens with one attached hydrogen (secondary N) is 2. The quantitative estimate of drug-likeness (QED) is 0.281. The highest BCUT2D eigenvalue weighted by molar-refractivity contribution is 7.20. The number of carbonyl (C=O) groups is 1. The number of benzene rings is 2. The van der Waals surface area contributed by atoms with E-state index in [2.05, 4.69) is 10.5 Å². The molecular formula is C22H20N4O4S. The average Bonchev–Trinajstić information content (AvgIpc) is 3.38. The van der Waals surface area contributed by atoms with Gasteiger partial charge in [-0.05, 0) is 30.7 Å². The lowest BCUT2D eigenvalue weighted by molar-refractivity contribution is 0.0909. The fourth-order valence-electron chi connectivity index (χ4n) is 3.01. The number of nitrogens with two attached hydrogens (primary N) is 1. The Morgan fingerprint density at radius 3 is 2.74 bits per heavy atom. The van der Waals surface area contributed by atoms with Crippen LogP contribution < -0.4 is 15.8 Å². The van der Waals surface area contributed by atoms with Gasteiger partial charge in [-0.3, -0.25) is 10.7 Å². The summed E-state index contributed by atoms with van der Waals surface area (Å²) < 4.78 is 17.5. The number of hydrogen-bond donors (Lipinski definition) is 3. The van der Waals surface area contributed by atoms with Gasteiger partial charge >= 0.3 is 6.09 Å². The van der Waals surface area contributed by atoms with Crippen LogP contribution in [0.1, 0.15) is 22.3 Å². The van der Waals surface area contributed by atoms with Gasteiger partial charge in [0.1, 0.15) is 24.0 Å². The summed E-state index contributed by atoms with van der Waals surface area (Å²) in [5, 5.41) is 14.8. The lowest BCUT2D eigenvalue weighted by Gasteiger charge is -2.20. The number of amidine groups is 1. The maximum Gasteiger partial charge on any atom is 0.413 e. The van der Waals surface area contributed by atoms with Crippen LogP contribution in [0.2, 0.25) is 0 Å². The number of rotatable bonds is 7. The van der Waals surface area contributed by atoms with Crippen molar-refractivity contribution in [2.75, 3.05) is 11.9 Å². The van der Waals surface area contributed by atoms with Crippen molar-refractivity contribution in [2.24, 2.45) is 5.73 Å². The van der Waals surface area contributed by atoms with Crippen molar-refractivity contribution in [3.8, 4) is 5.75 Å². The second kappa shape index (κ2) is 8.88. The summed E-state index contributed by atoms with van der Waals surface area (Å²) in [5.74, 6) is 1.48. The van der Waals surface area contributed by atoms with E-state index in [1.54, 1.807) is 13.0 Å². The summed E-state index contributed by atoms with van der Waals surface area (Å²) in [6.07, 6.45) is -1.21. The second-order valence-electron chi connectivity index (χ2n) is 6.76. The van der Waals surface area contributed by atoms with Gasteiger partial charge < -0.3 is 19.7 Å². The number of anilines is 1. The van der Waals surface area contributed by atoms with Crippen LogP contribution in [-0.2, 0) is 4.74 Å². The molecule has 0 aliphatic carbocycles. The molecule has 2 heterocycles. The van der Waals surface area contributed by atoms with Gasteiger partial charge in [0.05, 0.1) is 4.88 Å². The number of aryl methyl sites for hydroxylation is 1. The number of fused-ring (bicyclic) bond motifs is 1. The van der Waals surface area contributed by atoms with Crippen LogP contribution in [0.4, 0.5) is 10.6 Å². The van der Waals surface area contributed by atoms with E-state index in [1.807, 2.05) is 54.6 Å². The van der Waals surface area contributed by atoms with Crippen molar-refractivity contribution in [1.82, 2.24) is 5.16 Å². The molecule has 8 nitrogen and oxygen atoms in total. The minimum Gasteiger partial charge on any atom is -0.481 e. The number of carbonyl (C=O) groups excluding carboxylic acids is 1. The van der Waals surface area contributed by atoms with Crippen LogP contribution in [0.3, 0.4) is 0 Å². The van der Waals surface area contributed by atoms with Crippen LogP contribution in [0, 0.1) is 12.3 Å². The van der Waals surface area contributed by atoms with Crippen LogP contribution in [0.5, 0.6) is 5.75 Å². The highest BCUT2D eigenvalue weighted by Crippen LogP contribution is 2.35. The van der Waals surface area contributed by atoms with Crippen molar-refractivity contribution in [2.45, 2.75) is 13.0 Å². The number of aromatic nitrogens is 1. The molecular weight excluding hydrogens is 416 g/mol. The first-order valence-electron chi connectivity index (χ1n) is 9.45. The largest absolute Gasteiger partial charge is 0.481 e. The molecule has 4 aromatic rings. The van der Waals surface area contributed by atoms with Crippen LogP contribution in [0.15, 0.2) is 65.2 Å². The highest BCUT2D eigenvalue weighted by Gasteiger charge is 2.19. The van der Waals surface area contributed by atoms with E-state index in [0.29, 0.717) is 16.4 Å². The number of nitrogens with zero attached hydrogens (tertiary/aromatic N) is 1. The molecule has 0 aliphatic heterocycles. The third-order valence-electron chi connectivity index (χ3n) is 4.45. The van der Waals surface area contributed by atoms with Gasteiger partial charge in [0, 0.05) is 16.2 Å². The van der Waals surface area contributed by atoms with Gasteiger partial charge in [-0.1, -0.05) is 41.6 Å². The Labute approximate surface area is 182 Å². The third-order valence-corrected chi connectivity index (χ3v) is 5.58. The third kappa shape index (κ3) is 4.84. The number of nitrogen functional groups attached to an aromatic ring is 1. The summed E-state index contributed by atoms with van der Waals surface area (Å²) in [6, 6.07) is 18.6. The average molecular weight is 436 g/mol. The van der Waals surface area contributed by atoms with Crippen LogP contribution in [-0.4, -0.2) is 23.7 Å². The van der Waals surface area contributed by atoms with Gasteiger partial charge in [0.15, 0.2) is 11.9 Å². The Hall–Kier alpha value is -3.85. The van der Waals surface area contributed by atoms with Gasteiger partial charge in [-0.2, -0.15) is 0 Å². The van der Waals surface area contributed by atoms with E-state index in [1.165, 1.54) is 11.3 Å².